The summed E-state index contributed by atoms with van der Waals surface area (Å²) in [5.41, 5.74) is 2.20. The van der Waals surface area contributed by atoms with Crippen LogP contribution in [0.15, 0.2) is 24.3 Å². The van der Waals surface area contributed by atoms with E-state index in [4.69, 9.17) is 0 Å². The molecule has 0 aliphatic heterocycles. The van der Waals surface area contributed by atoms with E-state index < -0.39 is 0 Å². The van der Waals surface area contributed by atoms with Gasteiger partial charge in [0.15, 0.2) is 0 Å². The first-order valence-electron chi connectivity index (χ1n) is 7.11. The average molecular weight is 239 g/mol. The van der Waals surface area contributed by atoms with Crippen LogP contribution in [0.5, 0.6) is 0 Å². The Balaban J connectivity index is 1.42. The van der Waals surface area contributed by atoms with Crippen molar-refractivity contribution >= 4 is 17.0 Å². The molecule has 0 radical (unpaired) electrons. The molecule has 3 nitrogen and oxygen atoms in total. The summed E-state index contributed by atoms with van der Waals surface area (Å²) in [6, 6.07) is 8.95. The molecule has 3 aliphatic carbocycles. The number of hydrogen-bond acceptors (Lipinski definition) is 2. The Morgan fingerprint density at radius 1 is 1.11 bits per heavy atom. The second-order valence-corrected chi connectivity index (χ2v) is 6.26. The maximum Gasteiger partial charge on any atom is 0.201 e. The smallest absolute Gasteiger partial charge is 0.201 e. The number of aromatic amines is 1. The lowest BCUT2D eigenvalue weighted by atomic mass is 10.0. The minimum absolute atomic E-state index is 0.705. The molecule has 2 N–H and O–H groups in total. The fourth-order valence-corrected chi connectivity index (χ4v) is 4.70. The molecule has 92 valence electrons. The SMILES string of the molecule is c1ccc2[nH]c(NC3C4C5CCC(C5)C34)nc2c1. The number of nitrogens with zero attached hydrogens (tertiary/aromatic N) is 1. The second-order valence-electron chi connectivity index (χ2n) is 6.26. The molecule has 4 unspecified atom stereocenters. The van der Waals surface area contributed by atoms with Gasteiger partial charge in [-0.1, -0.05) is 12.1 Å². The Morgan fingerprint density at radius 3 is 2.67 bits per heavy atom. The van der Waals surface area contributed by atoms with Crippen molar-refractivity contribution < 1.29 is 0 Å². The molecule has 4 atom stereocenters. The maximum atomic E-state index is 4.62. The van der Waals surface area contributed by atoms with Crippen molar-refractivity contribution in [2.75, 3.05) is 5.32 Å². The summed E-state index contributed by atoms with van der Waals surface area (Å²) in [4.78, 5) is 8.01. The predicted molar refractivity (Wildman–Crippen MR) is 71.3 cm³/mol. The van der Waals surface area contributed by atoms with Crippen LogP contribution in [0.3, 0.4) is 0 Å². The molecule has 3 fully saturated rings. The van der Waals surface area contributed by atoms with Crippen LogP contribution >= 0.6 is 0 Å². The van der Waals surface area contributed by atoms with E-state index in [0.29, 0.717) is 6.04 Å². The molecule has 18 heavy (non-hydrogen) atoms. The van der Waals surface area contributed by atoms with E-state index in [1.54, 1.807) is 0 Å². The van der Waals surface area contributed by atoms with Crippen LogP contribution < -0.4 is 5.32 Å². The number of hydrogen-bond donors (Lipinski definition) is 2. The minimum atomic E-state index is 0.705. The van der Waals surface area contributed by atoms with E-state index in [2.05, 4.69) is 33.5 Å². The van der Waals surface area contributed by atoms with Crippen molar-refractivity contribution in [3.8, 4) is 0 Å². The van der Waals surface area contributed by atoms with Crippen LogP contribution in [0.25, 0.3) is 11.0 Å². The number of anilines is 1. The Kier molecular flexibility index (Phi) is 1.61. The molecule has 2 aromatic rings. The largest absolute Gasteiger partial charge is 0.352 e. The third-order valence-corrected chi connectivity index (χ3v) is 5.43. The van der Waals surface area contributed by atoms with Crippen molar-refractivity contribution in [3.05, 3.63) is 24.3 Å². The van der Waals surface area contributed by atoms with Crippen molar-refractivity contribution in [3.63, 3.8) is 0 Å². The highest BCUT2D eigenvalue weighted by Gasteiger charge is 2.65. The fraction of sp³-hybridized carbons (Fsp3) is 0.533. The van der Waals surface area contributed by atoms with Crippen molar-refractivity contribution in [1.82, 2.24) is 9.97 Å². The first kappa shape index (κ1) is 9.42. The maximum absolute atomic E-state index is 4.62. The van der Waals surface area contributed by atoms with Gasteiger partial charge in [-0.2, -0.15) is 0 Å². The molecule has 3 heteroatoms. The minimum Gasteiger partial charge on any atom is -0.352 e. The summed E-state index contributed by atoms with van der Waals surface area (Å²) >= 11 is 0. The Labute approximate surface area is 106 Å². The van der Waals surface area contributed by atoms with Crippen LogP contribution in [0.4, 0.5) is 5.95 Å². The summed E-state index contributed by atoms with van der Waals surface area (Å²) in [5, 5.41) is 3.64. The number of rotatable bonds is 2. The number of para-hydroxylation sites is 2. The first-order valence-corrected chi connectivity index (χ1v) is 7.11. The number of benzene rings is 1. The van der Waals surface area contributed by atoms with Crippen molar-refractivity contribution in [2.24, 2.45) is 23.7 Å². The molecular weight excluding hydrogens is 222 g/mol. The highest BCUT2D eigenvalue weighted by Crippen LogP contribution is 2.66. The van der Waals surface area contributed by atoms with Crippen LogP contribution in [0.1, 0.15) is 19.3 Å². The molecule has 3 aliphatic rings. The van der Waals surface area contributed by atoms with Gasteiger partial charge >= 0.3 is 0 Å². The van der Waals surface area contributed by atoms with E-state index >= 15 is 0 Å². The normalized spacial score (nSPS) is 40.1. The lowest BCUT2D eigenvalue weighted by molar-refractivity contribution is 0.456. The van der Waals surface area contributed by atoms with Gasteiger partial charge in [-0.25, -0.2) is 4.98 Å². The molecule has 0 amide bonds. The van der Waals surface area contributed by atoms with Gasteiger partial charge in [0.05, 0.1) is 11.0 Å². The molecule has 1 heterocycles. The van der Waals surface area contributed by atoms with Gasteiger partial charge in [0.25, 0.3) is 0 Å². The standard InChI is InChI=1S/C15H17N3/c1-2-4-11-10(3-1)16-15(17-11)18-14-12-8-5-6-9(7-8)13(12)14/h1-4,8-9,12-14H,5-7H2,(H2,16,17,18). The van der Waals surface area contributed by atoms with E-state index in [1.807, 2.05) is 6.07 Å². The summed E-state index contributed by atoms with van der Waals surface area (Å²) in [5.74, 6) is 4.91. The van der Waals surface area contributed by atoms with E-state index in [9.17, 15) is 0 Å². The monoisotopic (exact) mass is 239 g/mol. The quantitative estimate of drug-likeness (QED) is 0.845. The van der Waals surface area contributed by atoms with Gasteiger partial charge in [-0.05, 0) is 55.1 Å². The van der Waals surface area contributed by atoms with Crippen LogP contribution in [0, 0.1) is 23.7 Å². The van der Waals surface area contributed by atoms with Crippen molar-refractivity contribution in [2.45, 2.75) is 25.3 Å². The Hall–Kier alpha value is -1.51. The van der Waals surface area contributed by atoms with Crippen molar-refractivity contribution in [1.29, 1.82) is 0 Å². The molecule has 0 spiro atoms. The molecule has 5 rings (SSSR count). The van der Waals surface area contributed by atoms with E-state index in [-0.39, 0.29) is 0 Å². The molecule has 2 bridgehead atoms. The average Bonchev–Trinajstić information content (AvgIpc) is 2.79. The summed E-state index contributed by atoms with van der Waals surface area (Å²) in [6.07, 6.45) is 4.46. The number of aromatic nitrogens is 2. The predicted octanol–water partition coefficient (Wildman–Crippen LogP) is 3.02. The Bertz CT molecular complexity index is 568. The Morgan fingerprint density at radius 2 is 1.89 bits per heavy atom. The zero-order valence-corrected chi connectivity index (χ0v) is 10.3. The fourth-order valence-electron chi connectivity index (χ4n) is 4.70. The molecule has 0 saturated heterocycles. The number of nitrogens with one attached hydrogen (secondary N) is 2. The number of fused-ring (bicyclic) bond motifs is 6. The van der Waals surface area contributed by atoms with Gasteiger partial charge in [0.1, 0.15) is 0 Å². The summed E-state index contributed by atoms with van der Waals surface area (Å²) < 4.78 is 0. The van der Waals surface area contributed by atoms with E-state index in [1.165, 1.54) is 19.3 Å². The third kappa shape index (κ3) is 1.12. The van der Waals surface area contributed by atoms with Crippen LogP contribution in [-0.2, 0) is 0 Å². The lowest BCUT2D eigenvalue weighted by Crippen LogP contribution is -2.13. The van der Waals surface area contributed by atoms with Gasteiger partial charge in [-0.3, -0.25) is 0 Å². The first-order chi connectivity index (χ1) is 8.90. The van der Waals surface area contributed by atoms with Crippen LogP contribution in [0.2, 0.25) is 0 Å². The van der Waals surface area contributed by atoms with Crippen LogP contribution in [-0.4, -0.2) is 16.0 Å². The van der Waals surface area contributed by atoms with Gasteiger partial charge in [0.2, 0.25) is 5.95 Å². The highest BCUT2D eigenvalue weighted by molar-refractivity contribution is 5.77. The zero-order valence-electron chi connectivity index (χ0n) is 10.3. The highest BCUT2D eigenvalue weighted by atomic mass is 15.2. The topological polar surface area (TPSA) is 40.7 Å². The van der Waals surface area contributed by atoms with Gasteiger partial charge in [-0.15, -0.1) is 0 Å². The summed E-state index contributed by atoms with van der Waals surface area (Å²) in [6.45, 7) is 0. The van der Waals surface area contributed by atoms with Gasteiger partial charge < -0.3 is 10.3 Å². The molecule has 1 aromatic carbocycles. The molecule has 3 saturated carbocycles. The molecular formula is C15H17N3. The molecule has 1 aromatic heterocycles. The lowest BCUT2D eigenvalue weighted by Gasteiger charge is -2.09. The number of imidazole rings is 1. The zero-order chi connectivity index (χ0) is 11.7. The summed E-state index contributed by atoms with van der Waals surface area (Å²) in [7, 11) is 0. The van der Waals surface area contributed by atoms with Gasteiger partial charge in [0, 0.05) is 6.04 Å². The number of H-pyrrole nitrogens is 1. The second kappa shape index (κ2) is 3.08. The third-order valence-electron chi connectivity index (χ3n) is 5.43. The van der Waals surface area contributed by atoms with E-state index in [0.717, 1.165) is 40.7 Å².